The molecule has 1 amide bonds. The number of nitrogens with one attached hydrogen (secondary N) is 1. The van der Waals surface area contributed by atoms with Gasteiger partial charge < -0.3 is 14.8 Å². The van der Waals surface area contributed by atoms with Gasteiger partial charge in [0.2, 0.25) is 0 Å². The van der Waals surface area contributed by atoms with Crippen LogP contribution in [0.15, 0.2) is 22.7 Å². The van der Waals surface area contributed by atoms with E-state index in [1.807, 2.05) is 0 Å². The van der Waals surface area contributed by atoms with Gasteiger partial charge in [0.25, 0.3) is 5.91 Å². The molecule has 21 heavy (non-hydrogen) atoms. The van der Waals surface area contributed by atoms with E-state index in [1.165, 1.54) is 20.3 Å². The average molecular weight is 370 g/mol. The summed E-state index contributed by atoms with van der Waals surface area (Å²) in [7, 11) is 2.89. The van der Waals surface area contributed by atoms with Gasteiger partial charge in [-0.15, -0.1) is 0 Å². The summed E-state index contributed by atoms with van der Waals surface area (Å²) >= 11 is 2.96. The number of rotatable bonds is 6. The first-order chi connectivity index (χ1) is 9.79. The van der Waals surface area contributed by atoms with Gasteiger partial charge >= 0.3 is 6.18 Å². The van der Waals surface area contributed by atoms with Crippen LogP contribution in [-0.4, -0.2) is 39.4 Å². The summed E-state index contributed by atoms with van der Waals surface area (Å²) in [6, 6.07) is 3.38. The summed E-state index contributed by atoms with van der Waals surface area (Å²) in [5.74, 6) is -0.812. The number of halogens is 4. The van der Waals surface area contributed by atoms with Crippen molar-refractivity contribution in [2.45, 2.75) is 12.3 Å². The maximum absolute atomic E-state index is 12.9. The first-order valence-electron chi connectivity index (χ1n) is 5.96. The molecule has 8 heteroatoms. The van der Waals surface area contributed by atoms with Crippen LogP contribution >= 0.6 is 15.9 Å². The van der Waals surface area contributed by atoms with E-state index in [4.69, 9.17) is 9.47 Å². The fourth-order valence-electron chi connectivity index (χ4n) is 1.65. The monoisotopic (exact) mass is 369 g/mol. The van der Waals surface area contributed by atoms with Gasteiger partial charge in [0.1, 0.15) is 0 Å². The number of amides is 1. The lowest BCUT2D eigenvalue weighted by atomic mass is 10.1. The van der Waals surface area contributed by atoms with Crippen LogP contribution in [0.2, 0.25) is 0 Å². The maximum atomic E-state index is 12.9. The highest BCUT2D eigenvalue weighted by atomic mass is 79.9. The van der Waals surface area contributed by atoms with Crippen LogP contribution < -0.4 is 5.32 Å². The van der Waals surface area contributed by atoms with E-state index in [0.717, 1.165) is 12.1 Å². The van der Waals surface area contributed by atoms with Crippen molar-refractivity contribution in [3.05, 3.63) is 33.8 Å². The van der Waals surface area contributed by atoms with E-state index in [2.05, 4.69) is 21.2 Å². The molecule has 0 aromatic heterocycles. The molecule has 0 bridgehead atoms. The highest BCUT2D eigenvalue weighted by Crippen LogP contribution is 2.33. The Labute approximate surface area is 128 Å². The van der Waals surface area contributed by atoms with Crippen molar-refractivity contribution >= 4 is 21.8 Å². The van der Waals surface area contributed by atoms with E-state index in [9.17, 15) is 18.0 Å². The molecule has 0 saturated heterocycles. The molecule has 0 radical (unpaired) electrons. The Morgan fingerprint density at radius 2 is 2.05 bits per heavy atom. The number of hydrogen-bond donors (Lipinski definition) is 1. The van der Waals surface area contributed by atoms with Crippen molar-refractivity contribution < 1.29 is 27.4 Å². The normalized spacial score (nSPS) is 13.0. The summed E-state index contributed by atoms with van der Waals surface area (Å²) in [5.41, 5.74) is -1.42. The van der Waals surface area contributed by atoms with Gasteiger partial charge in [-0.2, -0.15) is 13.2 Å². The molecule has 0 aliphatic heterocycles. The molecule has 0 saturated carbocycles. The number of benzene rings is 1. The molecule has 0 fully saturated rings. The Balaban J connectivity index is 2.88. The number of carbonyl (C=O) groups excluding carboxylic acids is 1. The average Bonchev–Trinajstić information content (AvgIpc) is 2.42. The van der Waals surface area contributed by atoms with Gasteiger partial charge in [0, 0.05) is 25.2 Å². The fourth-order valence-corrected chi connectivity index (χ4v) is 2.01. The molecule has 1 atom stereocenters. The van der Waals surface area contributed by atoms with Crippen molar-refractivity contribution in [2.24, 2.45) is 0 Å². The number of alkyl halides is 3. The minimum atomic E-state index is -4.61. The molecule has 1 aromatic carbocycles. The van der Waals surface area contributed by atoms with E-state index in [-0.39, 0.29) is 17.6 Å². The minimum absolute atomic E-state index is 0.0521. The molecule has 1 N–H and O–H groups in total. The van der Waals surface area contributed by atoms with Crippen LogP contribution in [0.5, 0.6) is 0 Å². The van der Waals surface area contributed by atoms with Crippen LogP contribution in [0.4, 0.5) is 13.2 Å². The number of methoxy groups -OCH3 is 2. The second kappa shape index (κ2) is 7.77. The Morgan fingerprint density at radius 3 is 2.57 bits per heavy atom. The lowest BCUT2D eigenvalue weighted by molar-refractivity contribution is -0.138. The van der Waals surface area contributed by atoms with Gasteiger partial charge in [-0.3, -0.25) is 4.79 Å². The molecule has 4 nitrogen and oxygen atoms in total. The molecular formula is C13H15BrF3NO3. The van der Waals surface area contributed by atoms with Gasteiger partial charge in [-0.25, -0.2) is 0 Å². The summed E-state index contributed by atoms with van der Waals surface area (Å²) in [5, 5.41) is 2.41. The van der Waals surface area contributed by atoms with Crippen molar-refractivity contribution in [3.63, 3.8) is 0 Å². The lowest BCUT2D eigenvalue weighted by Crippen LogP contribution is -2.36. The fraction of sp³-hybridized carbons (Fsp3) is 0.462. The number of carbonyl (C=O) groups is 1. The first-order valence-corrected chi connectivity index (χ1v) is 6.75. The highest BCUT2D eigenvalue weighted by molar-refractivity contribution is 9.10. The van der Waals surface area contributed by atoms with Gasteiger partial charge in [-0.1, -0.05) is 15.9 Å². The summed E-state index contributed by atoms with van der Waals surface area (Å²) in [6.45, 7) is 0.278. The predicted molar refractivity (Wildman–Crippen MR) is 74.2 cm³/mol. The molecule has 0 heterocycles. The Bertz CT molecular complexity index is 494. The van der Waals surface area contributed by atoms with Crippen molar-refractivity contribution in [3.8, 4) is 0 Å². The van der Waals surface area contributed by atoms with Crippen LogP contribution in [-0.2, 0) is 15.7 Å². The van der Waals surface area contributed by atoms with Crippen molar-refractivity contribution in [1.82, 2.24) is 5.32 Å². The van der Waals surface area contributed by atoms with Crippen molar-refractivity contribution in [1.29, 1.82) is 0 Å². The third-order valence-electron chi connectivity index (χ3n) is 2.71. The minimum Gasteiger partial charge on any atom is -0.382 e. The zero-order valence-corrected chi connectivity index (χ0v) is 13.0. The molecule has 0 spiro atoms. The van der Waals surface area contributed by atoms with Crippen molar-refractivity contribution in [2.75, 3.05) is 27.4 Å². The standard InChI is InChI=1S/C13H15BrF3NO3/c1-20-7-9(21-2)6-18-12(19)10-4-3-8(14)5-11(10)13(15,16)17/h3-5,9H,6-7H2,1-2H3,(H,18,19). The van der Waals surface area contributed by atoms with Gasteiger partial charge in [0.05, 0.1) is 23.8 Å². The van der Waals surface area contributed by atoms with Crippen LogP contribution in [0.1, 0.15) is 15.9 Å². The zero-order valence-electron chi connectivity index (χ0n) is 11.5. The molecule has 0 aliphatic carbocycles. The smallest absolute Gasteiger partial charge is 0.382 e. The van der Waals surface area contributed by atoms with Crippen LogP contribution in [0.3, 0.4) is 0 Å². The molecular weight excluding hydrogens is 355 g/mol. The quantitative estimate of drug-likeness (QED) is 0.838. The summed E-state index contributed by atoms with van der Waals surface area (Å²) in [4.78, 5) is 11.9. The lowest BCUT2D eigenvalue weighted by Gasteiger charge is -2.17. The summed E-state index contributed by atoms with van der Waals surface area (Å²) < 4.78 is 48.9. The Morgan fingerprint density at radius 1 is 1.38 bits per heavy atom. The zero-order chi connectivity index (χ0) is 16.0. The third-order valence-corrected chi connectivity index (χ3v) is 3.20. The first kappa shape index (κ1) is 17.9. The number of ether oxygens (including phenoxy) is 2. The summed E-state index contributed by atoms with van der Waals surface area (Å²) in [6.07, 6.45) is -5.03. The van der Waals surface area contributed by atoms with E-state index < -0.39 is 29.3 Å². The predicted octanol–water partition coefficient (Wildman–Crippen LogP) is 2.86. The third kappa shape index (κ3) is 5.29. The Hall–Kier alpha value is -1.12. The molecule has 1 unspecified atom stereocenters. The second-order valence-electron chi connectivity index (χ2n) is 4.21. The van der Waals surface area contributed by atoms with Gasteiger partial charge in [-0.05, 0) is 18.2 Å². The maximum Gasteiger partial charge on any atom is 0.417 e. The molecule has 118 valence electrons. The molecule has 1 rings (SSSR count). The van der Waals surface area contributed by atoms with Crippen LogP contribution in [0, 0.1) is 0 Å². The Kier molecular flexibility index (Phi) is 6.63. The van der Waals surface area contributed by atoms with Gasteiger partial charge in [0.15, 0.2) is 0 Å². The second-order valence-corrected chi connectivity index (χ2v) is 5.13. The SMILES string of the molecule is COCC(CNC(=O)c1ccc(Br)cc1C(F)(F)F)OC. The van der Waals surface area contributed by atoms with Crippen LogP contribution in [0.25, 0.3) is 0 Å². The largest absolute Gasteiger partial charge is 0.417 e. The highest BCUT2D eigenvalue weighted by Gasteiger charge is 2.35. The molecule has 1 aromatic rings. The van der Waals surface area contributed by atoms with E-state index >= 15 is 0 Å². The number of hydrogen-bond acceptors (Lipinski definition) is 3. The van der Waals surface area contributed by atoms with E-state index in [1.54, 1.807) is 0 Å². The molecule has 0 aliphatic rings. The topological polar surface area (TPSA) is 47.6 Å². The van der Waals surface area contributed by atoms with E-state index in [0.29, 0.717) is 0 Å².